The third-order valence-corrected chi connectivity index (χ3v) is 3.42. The van der Waals surface area contributed by atoms with Crippen LogP contribution in [-0.2, 0) is 0 Å². The molecule has 0 aliphatic rings. The van der Waals surface area contributed by atoms with E-state index in [0.717, 1.165) is 11.0 Å². The minimum absolute atomic E-state index is 0.0386. The highest BCUT2D eigenvalue weighted by Crippen LogP contribution is 2.21. The molecule has 0 saturated carbocycles. The van der Waals surface area contributed by atoms with Gasteiger partial charge in [0.15, 0.2) is 0 Å². The highest BCUT2D eigenvalue weighted by molar-refractivity contribution is 5.93. The smallest absolute Gasteiger partial charge is 0.141 e. The lowest BCUT2D eigenvalue weighted by atomic mass is 10.1. The molecule has 3 rings (SSSR count). The van der Waals surface area contributed by atoms with Crippen LogP contribution in [0, 0.1) is 19.3 Å². The second-order valence-corrected chi connectivity index (χ2v) is 4.83. The molecule has 100 valence electrons. The van der Waals surface area contributed by atoms with Crippen molar-refractivity contribution in [2.24, 2.45) is 5.73 Å². The van der Waals surface area contributed by atoms with Gasteiger partial charge in [0.1, 0.15) is 23.7 Å². The summed E-state index contributed by atoms with van der Waals surface area (Å²) < 4.78 is 1.91. The molecular formula is C15H15N5. The first-order valence-corrected chi connectivity index (χ1v) is 6.32. The summed E-state index contributed by atoms with van der Waals surface area (Å²) in [6, 6.07) is 9.60. The Morgan fingerprint density at radius 2 is 1.95 bits per heavy atom. The summed E-state index contributed by atoms with van der Waals surface area (Å²) in [5, 5.41) is 7.47. The summed E-state index contributed by atoms with van der Waals surface area (Å²) in [5.74, 6) is 0.673. The quantitative estimate of drug-likeness (QED) is 0.551. The molecule has 20 heavy (non-hydrogen) atoms. The Bertz CT molecular complexity index is 816. The third kappa shape index (κ3) is 1.93. The number of nitrogens with zero attached hydrogens (tertiary/aromatic N) is 3. The number of hydrogen-bond acceptors (Lipinski definition) is 3. The molecule has 5 heteroatoms. The topological polar surface area (TPSA) is 80.6 Å². The zero-order chi connectivity index (χ0) is 14.3. The third-order valence-electron chi connectivity index (χ3n) is 3.42. The van der Waals surface area contributed by atoms with E-state index in [4.69, 9.17) is 11.1 Å². The van der Waals surface area contributed by atoms with Gasteiger partial charge in [-0.3, -0.25) is 9.98 Å². The fraction of sp³-hybridized carbons (Fsp3) is 0.133. The number of imidazole rings is 1. The lowest BCUT2D eigenvalue weighted by Crippen LogP contribution is -2.14. The van der Waals surface area contributed by atoms with Crippen LogP contribution >= 0.6 is 0 Å². The molecule has 0 aliphatic carbocycles. The summed E-state index contributed by atoms with van der Waals surface area (Å²) in [5.41, 5.74) is 10.3. The van der Waals surface area contributed by atoms with Gasteiger partial charge in [-0.2, -0.15) is 0 Å². The van der Waals surface area contributed by atoms with Gasteiger partial charge in [-0.1, -0.05) is 6.07 Å². The molecule has 0 saturated heterocycles. The van der Waals surface area contributed by atoms with Crippen molar-refractivity contribution >= 4 is 16.9 Å². The van der Waals surface area contributed by atoms with Gasteiger partial charge in [-0.25, -0.2) is 9.97 Å². The normalized spacial score (nSPS) is 10.9. The molecule has 5 nitrogen and oxygen atoms in total. The summed E-state index contributed by atoms with van der Waals surface area (Å²) in [6.45, 7) is 4.15. The van der Waals surface area contributed by atoms with E-state index in [1.807, 2.05) is 16.7 Å². The van der Waals surface area contributed by atoms with E-state index < -0.39 is 0 Å². The van der Waals surface area contributed by atoms with Crippen molar-refractivity contribution in [1.82, 2.24) is 14.5 Å². The fourth-order valence-corrected chi connectivity index (χ4v) is 2.15. The Labute approximate surface area is 116 Å². The van der Waals surface area contributed by atoms with Crippen LogP contribution in [0.5, 0.6) is 0 Å². The average molecular weight is 265 g/mol. The predicted octanol–water partition coefficient (Wildman–Crippen LogP) is 2.32. The van der Waals surface area contributed by atoms with Crippen LogP contribution in [0.15, 0.2) is 36.7 Å². The van der Waals surface area contributed by atoms with E-state index in [1.54, 1.807) is 12.4 Å². The molecule has 0 unspecified atom stereocenters. The average Bonchev–Trinajstić information content (AvgIpc) is 2.82. The molecule has 2 heterocycles. The van der Waals surface area contributed by atoms with Gasteiger partial charge in [0, 0.05) is 0 Å². The maximum atomic E-state index is 7.47. The van der Waals surface area contributed by atoms with Gasteiger partial charge >= 0.3 is 0 Å². The van der Waals surface area contributed by atoms with Gasteiger partial charge in [0.25, 0.3) is 0 Å². The highest BCUT2D eigenvalue weighted by Gasteiger charge is 2.08. The Hall–Kier alpha value is -2.69. The summed E-state index contributed by atoms with van der Waals surface area (Å²) >= 11 is 0. The fourth-order valence-electron chi connectivity index (χ4n) is 2.15. The van der Waals surface area contributed by atoms with Crippen LogP contribution < -0.4 is 5.73 Å². The van der Waals surface area contributed by atoms with Crippen LogP contribution in [0.1, 0.15) is 16.8 Å². The summed E-state index contributed by atoms with van der Waals surface area (Å²) in [7, 11) is 0. The van der Waals surface area contributed by atoms with Gasteiger partial charge in [-0.05, 0) is 49.2 Å². The van der Waals surface area contributed by atoms with Crippen molar-refractivity contribution in [3.63, 3.8) is 0 Å². The zero-order valence-electron chi connectivity index (χ0n) is 11.4. The number of fused-ring (bicyclic) bond motifs is 1. The first-order chi connectivity index (χ1) is 9.56. The van der Waals surface area contributed by atoms with E-state index >= 15 is 0 Å². The monoisotopic (exact) mass is 265 g/mol. The minimum Gasteiger partial charge on any atom is -0.382 e. The molecule has 3 aromatic rings. The first-order valence-electron chi connectivity index (χ1n) is 6.32. The van der Waals surface area contributed by atoms with Gasteiger partial charge < -0.3 is 5.73 Å². The number of nitrogens with two attached hydrogens (primary N) is 1. The molecule has 2 aromatic heterocycles. The second kappa shape index (κ2) is 4.45. The van der Waals surface area contributed by atoms with Gasteiger partial charge in [-0.15, -0.1) is 0 Å². The molecule has 0 bridgehead atoms. The molecule has 1 aromatic carbocycles. The molecule has 0 fully saturated rings. The summed E-state index contributed by atoms with van der Waals surface area (Å²) in [6.07, 6.45) is 1.75. The molecular weight excluding hydrogens is 250 g/mol. The Morgan fingerprint density at radius 3 is 2.70 bits per heavy atom. The Kier molecular flexibility index (Phi) is 2.75. The number of nitrogen functional groups attached to an aromatic ring is 1. The molecule has 3 N–H and O–H groups in total. The van der Waals surface area contributed by atoms with E-state index in [0.29, 0.717) is 11.5 Å². The number of rotatable bonds is 2. The molecule has 0 aliphatic heterocycles. The second-order valence-electron chi connectivity index (χ2n) is 4.83. The Morgan fingerprint density at radius 1 is 1.20 bits per heavy atom. The zero-order valence-corrected chi connectivity index (χ0v) is 11.4. The molecule has 0 amide bonds. The van der Waals surface area contributed by atoms with Crippen molar-refractivity contribution in [1.29, 1.82) is 5.41 Å². The van der Waals surface area contributed by atoms with Gasteiger partial charge in [0.2, 0.25) is 0 Å². The lowest BCUT2D eigenvalue weighted by molar-refractivity contribution is 1.01. The van der Waals surface area contributed by atoms with Crippen LogP contribution in [0.4, 0.5) is 0 Å². The largest absolute Gasteiger partial charge is 0.382 e. The number of benzene rings is 1. The Balaban J connectivity index is 2.22. The number of amidine groups is 1. The maximum Gasteiger partial charge on any atom is 0.141 e. The van der Waals surface area contributed by atoms with E-state index in [2.05, 4.69) is 35.9 Å². The summed E-state index contributed by atoms with van der Waals surface area (Å²) in [4.78, 5) is 8.80. The van der Waals surface area contributed by atoms with Crippen molar-refractivity contribution in [2.45, 2.75) is 13.8 Å². The maximum absolute atomic E-state index is 7.47. The lowest BCUT2D eigenvalue weighted by Gasteiger charge is -2.06. The van der Waals surface area contributed by atoms with Gasteiger partial charge in [0.05, 0.1) is 11.0 Å². The van der Waals surface area contributed by atoms with E-state index in [-0.39, 0.29) is 5.84 Å². The minimum atomic E-state index is -0.0386. The van der Waals surface area contributed by atoms with Crippen molar-refractivity contribution in [3.8, 4) is 5.82 Å². The number of aromatic nitrogens is 3. The van der Waals surface area contributed by atoms with Crippen molar-refractivity contribution < 1.29 is 0 Å². The standard InChI is InChI=1S/C15H15N5/c1-9-6-12-13(7-10(9)2)20(8-18-12)14-5-3-4-11(19-14)15(16)17/h3-8H,1-2H3,(H3,16,17). The van der Waals surface area contributed by atoms with Crippen molar-refractivity contribution in [2.75, 3.05) is 0 Å². The van der Waals surface area contributed by atoms with Crippen LogP contribution in [0.2, 0.25) is 0 Å². The number of nitrogens with one attached hydrogen (secondary N) is 1. The van der Waals surface area contributed by atoms with Crippen molar-refractivity contribution in [3.05, 3.63) is 53.5 Å². The SMILES string of the molecule is Cc1cc2ncn(-c3cccc(C(=N)N)n3)c2cc1C. The number of hydrogen-bond donors (Lipinski definition) is 2. The molecule has 0 atom stereocenters. The van der Waals surface area contributed by atoms with Crippen LogP contribution in [0.3, 0.4) is 0 Å². The first kappa shape index (κ1) is 12.3. The highest BCUT2D eigenvalue weighted by atomic mass is 15.1. The number of pyridine rings is 1. The van der Waals surface area contributed by atoms with E-state index in [1.165, 1.54) is 11.1 Å². The predicted molar refractivity (Wildman–Crippen MR) is 79.4 cm³/mol. The molecule has 0 radical (unpaired) electrons. The van der Waals surface area contributed by atoms with E-state index in [9.17, 15) is 0 Å². The van der Waals surface area contributed by atoms with Crippen LogP contribution in [-0.4, -0.2) is 20.4 Å². The van der Waals surface area contributed by atoms with Crippen LogP contribution in [0.25, 0.3) is 16.9 Å². The number of aryl methyl sites for hydroxylation is 2. The molecule has 0 spiro atoms.